The number of rotatable bonds is 5. The SMILES string of the molecule is O=C(CC(c1ccccc1)S(=O)(=O)O)c1ccc(Cl)cc1.[NaH]. The molecule has 0 aliphatic heterocycles. The molecule has 112 valence electrons. The van der Waals surface area contributed by atoms with Gasteiger partial charge in [-0.2, -0.15) is 8.42 Å². The van der Waals surface area contributed by atoms with Crippen LogP contribution in [-0.2, 0) is 10.1 Å². The summed E-state index contributed by atoms with van der Waals surface area (Å²) in [6, 6.07) is 14.3. The van der Waals surface area contributed by atoms with Gasteiger partial charge in [-0.05, 0) is 29.8 Å². The number of carbonyl (C=O) groups excluding carboxylic acids is 1. The first-order valence-corrected chi connectivity index (χ1v) is 8.06. The van der Waals surface area contributed by atoms with E-state index in [2.05, 4.69) is 0 Å². The normalized spacial score (nSPS) is 12.3. The van der Waals surface area contributed by atoms with Gasteiger partial charge in [-0.25, -0.2) is 0 Å². The maximum absolute atomic E-state index is 12.2. The Balaban J connectivity index is 0.00000242. The molecule has 0 amide bonds. The van der Waals surface area contributed by atoms with Gasteiger partial charge in [0.2, 0.25) is 0 Å². The topological polar surface area (TPSA) is 71.4 Å². The van der Waals surface area contributed by atoms with Crippen molar-refractivity contribution in [3.05, 3.63) is 70.7 Å². The summed E-state index contributed by atoms with van der Waals surface area (Å²) in [5.74, 6) is -0.377. The van der Waals surface area contributed by atoms with Crippen LogP contribution in [0.15, 0.2) is 54.6 Å². The molecule has 0 saturated heterocycles. The average molecular weight is 349 g/mol. The van der Waals surface area contributed by atoms with Crippen LogP contribution in [0.4, 0.5) is 0 Å². The van der Waals surface area contributed by atoms with E-state index in [1.807, 2.05) is 0 Å². The third-order valence-corrected chi connectivity index (χ3v) is 4.48. The van der Waals surface area contributed by atoms with E-state index in [0.29, 0.717) is 16.1 Å². The summed E-state index contributed by atoms with van der Waals surface area (Å²) in [5, 5.41) is -0.789. The molecule has 0 heterocycles. The van der Waals surface area contributed by atoms with E-state index in [4.69, 9.17) is 11.6 Å². The van der Waals surface area contributed by atoms with Gasteiger partial charge in [-0.1, -0.05) is 41.9 Å². The van der Waals surface area contributed by atoms with Gasteiger partial charge < -0.3 is 0 Å². The molecule has 0 fully saturated rings. The van der Waals surface area contributed by atoms with Gasteiger partial charge in [0.25, 0.3) is 10.1 Å². The van der Waals surface area contributed by atoms with Gasteiger partial charge in [-0.15, -0.1) is 0 Å². The molecule has 0 radical (unpaired) electrons. The summed E-state index contributed by atoms with van der Waals surface area (Å²) >= 11 is 5.74. The Labute approximate surface area is 156 Å². The van der Waals surface area contributed by atoms with Crippen molar-refractivity contribution in [1.82, 2.24) is 0 Å². The first-order valence-electron chi connectivity index (χ1n) is 6.18. The molecule has 0 aliphatic rings. The molecule has 0 aliphatic carbocycles. The number of benzene rings is 2. The molecule has 1 unspecified atom stereocenters. The van der Waals surface area contributed by atoms with E-state index in [1.54, 1.807) is 42.5 Å². The molecule has 1 atom stereocenters. The van der Waals surface area contributed by atoms with E-state index in [1.165, 1.54) is 12.1 Å². The molecular weight excluding hydrogens is 335 g/mol. The number of carbonyl (C=O) groups is 1. The van der Waals surface area contributed by atoms with Crippen molar-refractivity contribution < 1.29 is 17.8 Å². The number of Topliss-reactive ketones (excluding diaryl/α,β-unsaturated/α-hetero) is 1. The number of halogens is 1. The summed E-state index contributed by atoms with van der Waals surface area (Å²) < 4.78 is 32.4. The second-order valence-electron chi connectivity index (χ2n) is 4.55. The zero-order chi connectivity index (χ0) is 15.5. The summed E-state index contributed by atoms with van der Waals surface area (Å²) in [6.45, 7) is 0. The molecule has 4 nitrogen and oxygen atoms in total. The van der Waals surface area contributed by atoms with E-state index in [-0.39, 0.29) is 41.8 Å². The minimum atomic E-state index is -4.38. The molecule has 2 aromatic rings. The average Bonchev–Trinajstić information content (AvgIpc) is 2.45. The molecule has 2 rings (SSSR count). The zero-order valence-electron chi connectivity index (χ0n) is 10.9. The fourth-order valence-electron chi connectivity index (χ4n) is 1.98. The fraction of sp³-hybridized carbons (Fsp3) is 0.133. The van der Waals surface area contributed by atoms with Crippen molar-refractivity contribution in [3.63, 3.8) is 0 Å². The molecular formula is C15H14ClNaO4S. The van der Waals surface area contributed by atoms with Crippen LogP contribution in [-0.4, -0.2) is 48.3 Å². The van der Waals surface area contributed by atoms with Gasteiger partial charge in [0.1, 0.15) is 5.25 Å². The van der Waals surface area contributed by atoms with Crippen molar-refractivity contribution in [3.8, 4) is 0 Å². The van der Waals surface area contributed by atoms with E-state index in [0.717, 1.165) is 0 Å². The molecule has 7 heteroatoms. The predicted molar refractivity (Wildman–Crippen MR) is 88.3 cm³/mol. The van der Waals surface area contributed by atoms with Crippen molar-refractivity contribution in [2.75, 3.05) is 0 Å². The van der Waals surface area contributed by atoms with Crippen LogP contribution >= 0.6 is 11.6 Å². The minimum absolute atomic E-state index is 0. The van der Waals surface area contributed by atoms with Crippen molar-refractivity contribution in [2.24, 2.45) is 0 Å². The monoisotopic (exact) mass is 348 g/mol. The summed E-state index contributed by atoms with van der Waals surface area (Å²) in [5.41, 5.74) is 0.728. The predicted octanol–water partition coefficient (Wildman–Crippen LogP) is 2.89. The van der Waals surface area contributed by atoms with Gasteiger partial charge in [0.05, 0.1) is 0 Å². The number of ketones is 1. The van der Waals surface area contributed by atoms with Gasteiger partial charge in [0.15, 0.2) is 5.78 Å². The van der Waals surface area contributed by atoms with E-state index < -0.39 is 15.4 Å². The zero-order valence-corrected chi connectivity index (χ0v) is 12.5. The second-order valence-corrected chi connectivity index (χ2v) is 6.58. The van der Waals surface area contributed by atoms with Crippen molar-refractivity contribution in [1.29, 1.82) is 0 Å². The molecule has 0 spiro atoms. The molecule has 22 heavy (non-hydrogen) atoms. The Hall–Kier alpha value is -0.690. The van der Waals surface area contributed by atoms with Gasteiger partial charge in [0, 0.05) is 17.0 Å². The molecule has 0 saturated carbocycles. The van der Waals surface area contributed by atoms with Gasteiger partial charge >= 0.3 is 29.6 Å². The van der Waals surface area contributed by atoms with Crippen LogP contribution in [0.1, 0.15) is 27.6 Å². The Morgan fingerprint density at radius 3 is 2.09 bits per heavy atom. The Kier molecular flexibility index (Phi) is 7.25. The van der Waals surface area contributed by atoms with Crippen LogP contribution in [0.25, 0.3) is 0 Å². The Morgan fingerprint density at radius 2 is 1.59 bits per heavy atom. The third kappa shape index (κ3) is 5.19. The Morgan fingerprint density at radius 1 is 1.05 bits per heavy atom. The van der Waals surface area contributed by atoms with E-state index >= 15 is 0 Å². The third-order valence-electron chi connectivity index (χ3n) is 3.07. The summed E-state index contributed by atoms with van der Waals surface area (Å²) in [7, 11) is -4.38. The van der Waals surface area contributed by atoms with E-state index in [9.17, 15) is 17.8 Å². The summed E-state index contributed by atoms with van der Waals surface area (Å²) in [6.07, 6.45) is -0.329. The quantitative estimate of drug-likeness (QED) is 0.512. The standard InChI is InChI=1S/C15H13ClO4S.Na.H/c16-13-8-6-11(7-9-13)14(17)10-15(21(18,19)20)12-4-2-1-3-5-12;;/h1-9,15H,10H2,(H,18,19,20);;. The van der Waals surface area contributed by atoms with Crippen LogP contribution < -0.4 is 0 Å². The molecule has 2 aromatic carbocycles. The maximum atomic E-state index is 12.2. The summed E-state index contributed by atoms with van der Waals surface area (Å²) in [4.78, 5) is 12.2. The van der Waals surface area contributed by atoms with Gasteiger partial charge in [-0.3, -0.25) is 9.35 Å². The van der Waals surface area contributed by atoms with Crippen LogP contribution in [0.5, 0.6) is 0 Å². The number of hydrogen-bond acceptors (Lipinski definition) is 3. The molecule has 1 N–H and O–H groups in total. The van der Waals surface area contributed by atoms with Crippen LogP contribution in [0.2, 0.25) is 5.02 Å². The van der Waals surface area contributed by atoms with Crippen molar-refractivity contribution in [2.45, 2.75) is 11.7 Å². The number of hydrogen-bond donors (Lipinski definition) is 1. The van der Waals surface area contributed by atoms with Crippen LogP contribution in [0, 0.1) is 0 Å². The second kappa shape index (κ2) is 8.24. The first-order chi connectivity index (χ1) is 9.88. The fourth-order valence-corrected chi connectivity index (χ4v) is 2.97. The van der Waals surface area contributed by atoms with Crippen molar-refractivity contribution >= 4 is 57.1 Å². The Bertz CT molecular complexity index is 730. The van der Waals surface area contributed by atoms with Crippen LogP contribution in [0.3, 0.4) is 0 Å². The molecule has 0 bridgehead atoms. The first kappa shape index (κ1) is 19.4. The molecule has 0 aromatic heterocycles.